The highest BCUT2D eigenvalue weighted by molar-refractivity contribution is 7.80. The number of aromatic nitrogens is 1. The molecule has 1 amide bonds. The summed E-state index contributed by atoms with van der Waals surface area (Å²) in [7, 11) is 0. The number of rotatable bonds is 3. The Kier molecular flexibility index (Phi) is 3.87. The lowest BCUT2D eigenvalue weighted by atomic mass is 10.1. The molecule has 0 radical (unpaired) electrons. The maximum atomic E-state index is 12.1. The van der Waals surface area contributed by atoms with Crippen LogP contribution in [0.1, 0.15) is 21.5 Å². The number of anilines is 1. The number of carbonyl (C=O) groups is 1. The van der Waals surface area contributed by atoms with Crippen molar-refractivity contribution in [2.75, 3.05) is 5.32 Å². The van der Waals surface area contributed by atoms with E-state index in [0.717, 1.165) is 5.56 Å². The molecule has 0 aliphatic carbocycles. The molecule has 0 saturated heterocycles. The van der Waals surface area contributed by atoms with Crippen LogP contribution in [0.25, 0.3) is 0 Å². The second-order valence-electron chi connectivity index (χ2n) is 4.15. The molecule has 1 aromatic heterocycles. The summed E-state index contributed by atoms with van der Waals surface area (Å²) in [4.78, 5) is 16.4. The van der Waals surface area contributed by atoms with E-state index < -0.39 is 0 Å². The van der Waals surface area contributed by atoms with Crippen LogP contribution in [0.15, 0.2) is 42.7 Å². The highest BCUT2D eigenvalue weighted by atomic mass is 32.1. The predicted molar refractivity (Wildman–Crippen MR) is 79.3 cm³/mol. The van der Waals surface area contributed by atoms with Crippen LogP contribution in [0.5, 0.6) is 0 Å². The first-order valence-corrected chi connectivity index (χ1v) is 6.10. The third-order valence-corrected chi connectivity index (χ3v) is 2.78. The minimum absolute atomic E-state index is 0.217. The number of hydrogen-bond donors (Lipinski definition) is 2. The zero-order valence-corrected chi connectivity index (χ0v) is 11.2. The first kappa shape index (κ1) is 13.2. The van der Waals surface area contributed by atoms with Gasteiger partial charge in [-0.05, 0) is 30.7 Å². The Morgan fingerprint density at radius 3 is 2.68 bits per heavy atom. The minimum Gasteiger partial charge on any atom is -0.389 e. The fourth-order valence-corrected chi connectivity index (χ4v) is 1.77. The molecule has 0 unspecified atom stereocenters. The molecule has 0 atom stereocenters. The number of nitrogens with two attached hydrogens (primary N) is 1. The Morgan fingerprint density at radius 1 is 1.26 bits per heavy atom. The van der Waals surface area contributed by atoms with Crippen molar-refractivity contribution < 1.29 is 4.79 Å². The number of carbonyl (C=O) groups excluding carboxylic acids is 1. The van der Waals surface area contributed by atoms with E-state index in [0.29, 0.717) is 16.8 Å². The van der Waals surface area contributed by atoms with Crippen molar-refractivity contribution in [2.45, 2.75) is 6.92 Å². The molecular weight excluding hydrogens is 258 g/mol. The predicted octanol–water partition coefficient (Wildman–Crippen LogP) is 2.28. The number of pyridine rings is 1. The third-order valence-electron chi connectivity index (χ3n) is 2.54. The smallest absolute Gasteiger partial charge is 0.255 e. The van der Waals surface area contributed by atoms with E-state index in [9.17, 15) is 4.79 Å². The van der Waals surface area contributed by atoms with E-state index in [1.54, 1.807) is 36.7 Å². The van der Waals surface area contributed by atoms with Gasteiger partial charge in [0.05, 0.1) is 11.9 Å². The van der Waals surface area contributed by atoms with E-state index in [2.05, 4.69) is 10.3 Å². The number of amides is 1. The van der Waals surface area contributed by atoms with Gasteiger partial charge in [0.1, 0.15) is 4.99 Å². The van der Waals surface area contributed by atoms with Crippen molar-refractivity contribution in [3.05, 3.63) is 59.4 Å². The largest absolute Gasteiger partial charge is 0.389 e. The van der Waals surface area contributed by atoms with Crippen LogP contribution in [0.3, 0.4) is 0 Å². The summed E-state index contributed by atoms with van der Waals surface area (Å²) in [6.45, 7) is 1.91. The maximum Gasteiger partial charge on any atom is 0.255 e. The highest BCUT2D eigenvalue weighted by Gasteiger charge is 2.07. The number of hydrogen-bond acceptors (Lipinski definition) is 3. The number of aryl methyl sites for hydroxylation is 1. The van der Waals surface area contributed by atoms with Gasteiger partial charge in [-0.15, -0.1) is 0 Å². The first-order chi connectivity index (χ1) is 9.06. The fourth-order valence-electron chi connectivity index (χ4n) is 1.64. The van der Waals surface area contributed by atoms with Gasteiger partial charge in [0, 0.05) is 17.3 Å². The van der Waals surface area contributed by atoms with Gasteiger partial charge in [-0.25, -0.2) is 0 Å². The normalized spacial score (nSPS) is 9.95. The molecule has 4 nitrogen and oxygen atoms in total. The molecule has 96 valence electrons. The van der Waals surface area contributed by atoms with Crippen LogP contribution >= 0.6 is 12.2 Å². The molecule has 0 aliphatic rings. The average Bonchev–Trinajstić information content (AvgIpc) is 2.39. The van der Waals surface area contributed by atoms with Gasteiger partial charge in [0.15, 0.2) is 0 Å². The summed E-state index contributed by atoms with van der Waals surface area (Å²) in [5, 5.41) is 2.78. The lowest BCUT2D eigenvalue weighted by molar-refractivity contribution is 0.102. The molecule has 2 rings (SSSR count). The third kappa shape index (κ3) is 3.35. The van der Waals surface area contributed by atoms with Gasteiger partial charge in [0.25, 0.3) is 5.91 Å². The van der Waals surface area contributed by atoms with Crippen molar-refractivity contribution in [1.29, 1.82) is 0 Å². The van der Waals surface area contributed by atoms with E-state index in [4.69, 9.17) is 18.0 Å². The average molecular weight is 271 g/mol. The minimum atomic E-state index is -0.217. The summed E-state index contributed by atoms with van der Waals surface area (Å²) in [6, 6.07) is 8.74. The molecule has 19 heavy (non-hydrogen) atoms. The quantitative estimate of drug-likeness (QED) is 0.840. The van der Waals surface area contributed by atoms with Crippen molar-refractivity contribution in [3.63, 3.8) is 0 Å². The van der Waals surface area contributed by atoms with Gasteiger partial charge in [-0.1, -0.05) is 24.4 Å². The monoisotopic (exact) mass is 271 g/mol. The summed E-state index contributed by atoms with van der Waals surface area (Å²) in [5.41, 5.74) is 8.36. The zero-order valence-electron chi connectivity index (χ0n) is 10.4. The van der Waals surface area contributed by atoms with Crippen LogP contribution in [0, 0.1) is 6.92 Å². The van der Waals surface area contributed by atoms with Crippen LogP contribution in [-0.4, -0.2) is 15.9 Å². The van der Waals surface area contributed by atoms with Crippen molar-refractivity contribution in [2.24, 2.45) is 5.73 Å². The lowest BCUT2D eigenvalue weighted by Crippen LogP contribution is -2.14. The summed E-state index contributed by atoms with van der Waals surface area (Å²) in [5.74, 6) is -0.217. The van der Waals surface area contributed by atoms with Gasteiger partial charge in [-0.2, -0.15) is 0 Å². The van der Waals surface area contributed by atoms with Gasteiger partial charge in [-0.3, -0.25) is 9.78 Å². The topological polar surface area (TPSA) is 68.0 Å². The number of benzene rings is 1. The summed E-state index contributed by atoms with van der Waals surface area (Å²) < 4.78 is 0. The Morgan fingerprint density at radius 2 is 2.00 bits per heavy atom. The molecule has 2 aromatic rings. The number of thiocarbonyl (C=S) groups is 1. The maximum absolute atomic E-state index is 12.1. The second kappa shape index (κ2) is 5.58. The Bertz CT molecular complexity index is 640. The van der Waals surface area contributed by atoms with E-state index in [1.807, 2.05) is 13.0 Å². The van der Waals surface area contributed by atoms with Crippen molar-refractivity contribution in [3.8, 4) is 0 Å². The lowest BCUT2D eigenvalue weighted by Gasteiger charge is -2.06. The van der Waals surface area contributed by atoms with Crippen molar-refractivity contribution >= 4 is 28.8 Å². The van der Waals surface area contributed by atoms with Crippen LogP contribution in [-0.2, 0) is 0 Å². The van der Waals surface area contributed by atoms with E-state index in [-0.39, 0.29) is 10.9 Å². The molecule has 5 heteroatoms. The Hall–Kier alpha value is -2.27. The number of nitrogens with one attached hydrogen (secondary N) is 1. The molecule has 0 aliphatic heterocycles. The van der Waals surface area contributed by atoms with Crippen molar-refractivity contribution in [1.82, 2.24) is 4.98 Å². The molecule has 1 aromatic carbocycles. The second-order valence-corrected chi connectivity index (χ2v) is 4.59. The number of nitrogens with zero attached hydrogens (tertiary/aromatic N) is 1. The van der Waals surface area contributed by atoms with Gasteiger partial charge >= 0.3 is 0 Å². The molecule has 0 bridgehead atoms. The molecule has 0 spiro atoms. The molecule has 1 heterocycles. The van der Waals surface area contributed by atoms with Crippen LogP contribution < -0.4 is 11.1 Å². The summed E-state index contributed by atoms with van der Waals surface area (Å²) >= 11 is 4.89. The van der Waals surface area contributed by atoms with Gasteiger partial charge < -0.3 is 11.1 Å². The molecular formula is C14H13N3OS. The molecule has 0 saturated carbocycles. The van der Waals surface area contributed by atoms with E-state index >= 15 is 0 Å². The molecule has 3 N–H and O–H groups in total. The highest BCUT2D eigenvalue weighted by Crippen LogP contribution is 2.11. The van der Waals surface area contributed by atoms with Gasteiger partial charge in [0.2, 0.25) is 0 Å². The van der Waals surface area contributed by atoms with E-state index in [1.165, 1.54) is 0 Å². The molecule has 0 fully saturated rings. The first-order valence-electron chi connectivity index (χ1n) is 5.69. The zero-order chi connectivity index (χ0) is 13.8. The Balaban J connectivity index is 2.20. The van der Waals surface area contributed by atoms with Crippen LogP contribution in [0.4, 0.5) is 5.69 Å². The fraction of sp³-hybridized carbons (Fsp3) is 0.0714. The Labute approximate surface area is 116 Å². The standard InChI is InChI=1S/C14H13N3OS/c1-9-5-12(8-16-7-9)17-14(18)11-4-2-3-10(6-11)13(15)19/h2-8H,1H3,(H2,15,19)(H,17,18). The SMILES string of the molecule is Cc1cncc(NC(=O)c2cccc(C(N)=S)c2)c1. The van der Waals surface area contributed by atoms with Crippen LogP contribution in [0.2, 0.25) is 0 Å². The summed E-state index contributed by atoms with van der Waals surface area (Å²) in [6.07, 6.45) is 3.32.